The number of hydrogen-bond donors (Lipinski definition) is 1. The van der Waals surface area contributed by atoms with E-state index in [1.54, 1.807) is 0 Å². The maximum atomic E-state index is 11.3. The van der Waals surface area contributed by atoms with E-state index in [0.717, 1.165) is 12.8 Å². The van der Waals surface area contributed by atoms with Crippen LogP contribution < -0.4 is 5.32 Å². The lowest BCUT2D eigenvalue weighted by Crippen LogP contribution is -2.35. The SMILES string of the molecule is CCC(CCl)NC(=O)CCC(C)C. The summed E-state index contributed by atoms with van der Waals surface area (Å²) in [6.45, 7) is 6.26. The fraction of sp³-hybridized carbons (Fsp3) is 0.900. The predicted octanol–water partition coefficient (Wildman–Crippen LogP) is 2.56. The summed E-state index contributed by atoms with van der Waals surface area (Å²) in [6, 6.07) is 0.140. The molecule has 0 aromatic carbocycles. The minimum Gasteiger partial charge on any atom is -0.352 e. The number of amides is 1. The van der Waals surface area contributed by atoms with Crippen molar-refractivity contribution in [3.05, 3.63) is 0 Å². The van der Waals surface area contributed by atoms with Crippen LogP contribution in [0, 0.1) is 5.92 Å². The van der Waals surface area contributed by atoms with Crippen molar-refractivity contribution in [3.8, 4) is 0 Å². The van der Waals surface area contributed by atoms with Crippen LogP contribution in [0.3, 0.4) is 0 Å². The van der Waals surface area contributed by atoms with Gasteiger partial charge >= 0.3 is 0 Å². The third-order valence-corrected chi connectivity index (χ3v) is 2.37. The molecule has 0 aliphatic carbocycles. The average molecular weight is 206 g/mol. The lowest BCUT2D eigenvalue weighted by molar-refractivity contribution is -0.121. The van der Waals surface area contributed by atoms with Gasteiger partial charge in [0.15, 0.2) is 0 Å². The number of alkyl halides is 1. The van der Waals surface area contributed by atoms with Gasteiger partial charge in [-0.05, 0) is 18.8 Å². The molecule has 0 rings (SSSR count). The Bertz CT molecular complexity index is 144. The molecule has 0 aromatic heterocycles. The van der Waals surface area contributed by atoms with Crippen molar-refractivity contribution in [2.75, 3.05) is 5.88 Å². The van der Waals surface area contributed by atoms with Crippen LogP contribution in [0.15, 0.2) is 0 Å². The normalized spacial score (nSPS) is 13.0. The molecule has 13 heavy (non-hydrogen) atoms. The molecule has 1 atom stereocenters. The van der Waals surface area contributed by atoms with Crippen molar-refractivity contribution >= 4 is 17.5 Å². The van der Waals surface area contributed by atoms with E-state index < -0.39 is 0 Å². The van der Waals surface area contributed by atoms with Gasteiger partial charge in [-0.1, -0.05) is 20.8 Å². The molecule has 0 fully saturated rings. The van der Waals surface area contributed by atoms with Gasteiger partial charge < -0.3 is 5.32 Å². The molecule has 0 aliphatic heterocycles. The molecule has 78 valence electrons. The van der Waals surface area contributed by atoms with E-state index in [9.17, 15) is 4.79 Å². The Morgan fingerprint density at radius 3 is 2.46 bits per heavy atom. The number of hydrogen-bond acceptors (Lipinski definition) is 1. The van der Waals surface area contributed by atoms with E-state index >= 15 is 0 Å². The van der Waals surface area contributed by atoms with Gasteiger partial charge in [-0.15, -0.1) is 11.6 Å². The summed E-state index contributed by atoms with van der Waals surface area (Å²) in [4.78, 5) is 11.3. The van der Waals surface area contributed by atoms with E-state index in [0.29, 0.717) is 18.2 Å². The monoisotopic (exact) mass is 205 g/mol. The second kappa shape index (κ2) is 7.19. The van der Waals surface area contributed by atoms with Crippen molar-refractivity contribution in [2.45, 2.75) is 46.1 Å². The highest BCUT2D eigenvalue weighted by molar-refractivity contribution is 6.18. The van der Waals surface area contributed by atoms with Crippen LogP contribution in [-0.4, -0.2) is 17.8 Å². The zero-order valence-electron chi connectivity index (χ0n) is 8.77. The fourth-order valence-electron chi connectivity index (χ4n) is 0.969. The summed E-state index contributed by atoms with van der Waals surface area (Å²) in [6.07, 6.45) is 2.46. The molecule has 0 aliphatic rings. The summed E-state index contributed by atoms with van der Waals surface area (Å²) in [5, 5.41) is 2.90. The minimum absolute atomic E-state index is 0.126. The molecule has 1 unspecified atom stereocenters. The smallest absolute Gasteiger partial charge is 0.220 e. The summed E-state index contributed by atoms with van der Waals surface area (Å²) < 4.78 is 0. The fourth-order valence-corrected chi connectivity index (χ4v) is 1.26. The van der Waals surface area contributed by atoms with Gasteiger partial charge in [0.1, 0.15) is 0 Å². The molecular formula is C10H20ClNO. The molecule has 1 N–H and O–H groups in total. The Labute approximate surface area is 86.0 Å². The highest BCUT2D eigenvalue weighted by Crippen LogP contribution is 2.04. The quantitative estimate of drug-likeness (QED) is 0.664. The van der Waals surface area contributed by atoms with Gasteiger partial charge in [0.05, 0.1) is 0 Å². The first-order chi connectivity index (χ1) is 6.10. The largest absolute Gasteiger partial charge is 0.352 e. The Morgan fingerprint density at radius 2 is 2.08 bits per heavy atom. The van der Waals surface area contributed by atoms with Crippen LogP contribution in [0.2, 0.25) is 0 Å². The van der Waals surface area contributed by atoms with Crippen molar-refractivity contribution in [3.63, 3.8) is 0 Å². The van der Waals surface area contributed by atoms with Crippen molar-refractivity contribution in [2.24, 2.45) is 5.92 Å². The Morgan fingerprint density at radius 1 is 1.46 bits per heavy atom. The van der Waals surface area contributed by atoms with Crippen LogP contribution in [0.25, 0.3) is 0 Å². The third-order valence-electron chi connectivity index (χ3n) is 1.99. The summed E-state index contributed by atoms with van der Waals surface area (Å²) >= 11 is 5.66. The second-order valence-corrected chi connectivity index (χ2v) is 4.07. The van der Waals surface area contributed by atoms with E-state index in [1.165, 1.54) is 0 Å². The molecule has 0 saturated carbocycles. The van der Waals surface area contributed by atoms with E-state index in [4.69, 9.17) is 11.6 Å². The molecule has 0 spiro atoms. The van der Waals surface area contributed by atoms with E-state index in [-0.39, 0.29) is 11.9 Å². The first-order valence-corrected chi connectivity index (χ1v) is 5.48. The van der Waals surface area contributed by atoms with Gasteiger partial charge in [0, 0.05) is 18.3 Å². The highest BCUT2D eigenvalue weighted by atomic mass is 35.5. The second-order valence-electron chi connectivity index (χ2n) is 3.76. The zero-order chi connectivity index (χ0) is 10.3. The van der Waals surface area contributed by atoms with E-state index in [2.05, 4.69) is 19.2 Å². The van der Waals surface area contributed by atoms with Crippen molar-refractivity contribution < 1.29 is 4.79 Å². The van der Waals surface area contributed by atoms with Crippen LogP contribution in [0.1, 0.15) is 40.0 Å². The molecule has 0 saturated heterocycles. The predicted molar refractivity (Wildman–Crippen MR) is 57.0 cm³/mol. The summed E-state index contributed by atoms with van der Waals surface area (Å²) in [7, 11) is 0. The van der Waals surface area contributed by atoms with Crippen LogP contribution >= 0.6 is 11.6 Å². The maximum absolute atomic E-state index is 11.3. The van der Waals surface area contributed by atoms with E-state index in [1.807, 2.05) is 6.92 Å². The van der Waals surface area contributed by atoms with Gasteiger partial charge in [-0.2, -0.15) is 0 Å². The lowest BCUT2D eigenvalue weighted by atomic mass is 10.1. The topological polar surface area (TPSA) is 29.1 Å². The number of nitrogens with one attached hydrogen (secondary N) is 1. The Balaban J connectivity index is 3.60. The molecule has 0 radical (unpaired) electrons. The average Bonchev–Trinajstić information content (AvgIpc) is 2.10. The molecule has 3 heteroatoms. The summed E-state index contributed by atoms with van der Waals surface area (Å²) in [5.41, 5.74) is 0. The van der Waals surface area contributed by atoms with Gasteiger partial charge in [-0.25, -0.2) is 0 Å². The van der Waals surface area contributed by atoms with Gasteiger partial charge in [0.2, 0.25) is 5.91 Å². The van der Waals surface area contributed by atoms with Crippen LogP contribution in [0.5, 0.6) is 0 Å². The molecule has 0 aromatic rings. The van der Waals surface area contributed by atoms with Crippen molar-refractivity contribution in [1.82, 2.24) is 5.32 Å². The standard InChI is InChI=1S/C10H20ClNO/c1-4-9(7-11)12-10(13)6-5-8(2)3/h8-9H,4-7H2,1-3H3,(H,12,13). The molecule has 1 amide bonds. The van der Waals surface area contributed by atoms with Gasteiger partial charge in [-0.3, -0.25) is 4.79 Å². The Hall–Kier alpha value is -0.240. The number of halogens is 1. The first-order valence-electron chi connectivity index (χ1n) is 4.95. The number of carbonyl (C=O) groups is 1. The van der Waals surface area contributed by atoms with Crippen LogP contribution in [0.4, 0.5) is 0 Å². The van der Waals surface area contributed by atoms with Gasteiger partial charge in [0.25, 0.3) is 0 Å². The molecular weight excluding hydrogens is 186 g/mol. The Kier molecular flexibility index (Phi) is 7.06. The molecule has 2 nitrogen and oxygen atoms in total. The molecule has 0 bridgehead atoms. The minimum atomic E-state index is 0.126. The number of carbonyl (C=O) groups excluding carboxylic acids is 1. The summed E-state index contributed by atoms with van der Waals surface area (Å²) in [5.74, 6) is 1.22. The highest BCUT2D eigenvalue weighted by Gasteiger charge is 2.08. The zero-order valence-corrected chi connectivity index (χ0v) is 9.53. The molecule has 0 heterocycles. The third kappa shape index (κ3) is 6.88. The lowest BCUT2D eigenvalue weighted by Gasteiger charge is -2.13. The first kappa shape index (κ1) is 12.8. The van der Waals surface area contributed by atoms with Crippen molar-refractivity contribution in [1.29, 1.82) is 0 Å². The number of rotatable bonds is 6. The maximum Gasteiger partial charge on any atom is 0.220 e. The van der Waals surface area contributed by atoms with Crippen LogP contribution in [-0.2, 0) is 4.79 Å².